The average Bonchev–Trinajstić information content (AvgIpc) is 2.33. The minimum atomic E-state index is 0.459. The van der Waals surface area contributed by atoms with Crippen LogP contribution in [0.3, 0.4) is 0 Å². The molecule has 1 aromatic heterocycles. The van der Waals surface area contributed by atoms with Gasteiger partial charge in [-0.1, -0.05) is 18.2 Å². The number of hydrogen-bond acceptors (Lipinski definition) is 0. The molecule has 0 saturated heterocycles. The zero-order chi connectivity index (χ0) is 8.72. The number of hydrogen-bond donors (Lipinski definition) is 1. The van der Waals surface area contributed by atoms with Gasteiger partial charge in [-0.2, -0.15) is 0 Å². The van der Waals surface area contributed by atoms with Gasteiger partial charge < -0.3 is 4.98 Å². The highest BCUT2D eigenvalue weighted by Gasteiger charge is 1.92. The Kier molecular flexibility index (Phi) is 0.714. The summed E-state index contributed by atoms with van der Waals surface area (Å²) >= 11 is 0. The number of para-hydroxylation sites is 1. The summed E-state index contributed by atoms with van der Waals surface area (Å²) in [5, 5.41) is 0.852. The summed E-state index contributed by atoms with van der Waals surface area (Å²) in [4.78, 5) is 1.30. The van der Waals surface area contributed by atoms with Gasteiger partial charge in [0.2, 0.25) is 0 Å². The molecule has 0 bridgehead atoms. The zero-order valence-corrected chi connectivity index (χ0v) is 5.76. The molecule has 1 heteroatoms. The normalized spacial score (nSPS) is 13.3. The smallest absolute Gasteiger partial charge is 0.166 e. The summed E-state index contributed by atoms with van der Waals surface area (Å²) in [6.07, 6.45) is 0. The molecule has 1 heterocycles. The Balaban J connectivity index is 2.99. The standard InChI is InChI=1S/C9H9N/c1-7-6-8-4-2-3-5-9(8)10-7/h2-6,10H,1H3/i6D/hD. The van der Waals surface area contributed by atoms with E-state index >= 15 is 0 Å². The molecule has 50 valence electrons. The molecule has 0 atom stereocenters. The fourth-order valence-corrected chi connectivity index (χ4v) is 1.08. The molecule has 2 aromatic rings. The second-order valence-corrected chi connectivity index (χ2v) is 2.34. The number of benzene rings is 1. The quantitative estimate of drug-likeness (QED) is 0.568. The number of H-pyrrole nitrogens is 1. The first-order valence-electron chi connectivity index (χ1n) is 4.22. The maximum atomic E-state index is 7.67. The van der Waals surface area contributed by atoms with Crippen LogP contribution in [0.4, 0.5) is 0 Å². The third kappa shape index (κ3) is 0.711. The van der Waals surface area contributed by atoms with Gasteiger partial charge in [0.25, 0.3) is 0 Å². The summed E-state index contributed by atoms with van der Waals surface area (Å²) in [5.41, 5.74) is 1.50. The van der Waals surface area contributed by atoms with E-state index in [0.29, 0.717) is 11.7 Å². The summed E-state index contributed by atoms with van der Waals surface area (Å²) in [7, 11) is 0. The Hall–Kier alpha value is -1.24. The van der Waals surface area contributed by atoms with Gasteiger partial charge in [0, 0.05) is 11.2 Å². The van der Waals surface area contributed by atoms with E-state index in [-0.39, 0.29) is 0 Å². The molecule has 0 spiro atoms. The zero-order valence-electron chi connectivity index (χ0n) is 7.76. The van der Waals surface area contributed by atoms with Crippen molar-refractivity contribution in [2.24, 2.45) is 0 Å². The first kappa shape index (κ1) is 3.81. The largest absolute Gasteiger partial charge is 0.359 e. The third-order valence-corrected chi connectivity index (χ3v) is 1.51. The van der Waals surface area contributed by atoms with Crippen molar-refractivity contribution in [1.29, 1.82) is 0 Å². The molecule has 2 rings (SSSR count). The van der Waals surface area contributed by atoms with Crippen LogP contribution in [0.5, 0.6) is 0 Å². The van der Waals surface area contributed by atoms with Gasteiger partial charge in [0.05, 0.1) is 1.37 Å². The fourth-order valence-electron chi connectivity index (χ4n) is 1.08. The fraction of sp³-hybridized carbons (Fsp3) is 0.111. The van der Waals surface area contributed by atoms with Crippen LogP contribution in [0.15, 0.2) is 30.3 Å². The van der Waals surface area contributed by atoms with Crippen LogP contribution in [0.25, 0.3) is 10.9 Å². The first-order valence-corrected chi connectivity index (χ1v) is 3.27. The van der Waals surface area contributed by atoms with Crippen LogP contribution in [-0.2, 0) is 0 Å². The van der Waals surface area contributed by atoms with Crippen molar-refractivity contribution in [3.63, 3.8) is 0 Å². The second-order valence-electron chi connectivity index (χ2n) is 2.34. The SMILES string of the molecule is [2H]c1c(C)n([2H])c2ccccc12. The molecule has 0 aliphatic heterocycles. The van der Waals surface area contributed by atoms with E-state index in [0.717, 1.165) is 10.9 Å². The Morgan fingerprint density at radius 2 is 2.30 bits per heavy atom. The molecule has 0 aliphatic carbocycles. The van der Waals surface area contributed by atoms with Crippen LogP contribution in [0.1, 0.15) is 7.06 Å². The minimum Gasteiger partial charge on any atom is -0.359 e. The highest BCUT2D eigenvalue weighted by molar-refractivity contribution is 5.79. The van der Waals surface area contributed by atoms with Crippen molar-refractivity contribution in [3.8, 4) is 0 Å². The van der Waals surface area contributed by atoms with Crippen LogP contribution < -0.4 is 0 Å². The lowest BCUT2D eigenvalue weighted by Gasteiger charge is -1.83. The molecule has 0 unspecified atom stereocenters. The van der Waals surface area contributed by atoms with E-state index in [1.54, 1.807) is 6.92 Å². The molecule has 0 aliphatic rings. The summed E-state index contributed by atoms with van der Waals surface area (Å²) < 4.78 is 15.3. The van der Waals surface area contributed by atoms with Gasteiger partial charge in [0.15, 0.2) is 1.41 Å². The second kappa shape index (κ2) is 1.87. The van der Waals surface area contributed by atoms with E-state index in [4.69, 9.17) is 2.78 Å². The Morgan fingerprint density at radius 1 is 1.50 bits per heavy atom. The molecule has 0 radical (unpaired) electrons. The van der Waals surface area contributed by atoms with Crippen molar-refractivity contribution >= 4 is 10.9 Å². The lowest BCUT2D eigenvalue weighted by atomic mass is 10.2. The maximum Gasteiger partial charge on any atom is 0.166 e. The molecule has 0 saturated carbocycles. The number of rotatable bonds is 0. The Morgan fingerprint density at radius 3 is 3.10 bits per heavy atom. The molecular formula is C9H9N. The maximum absolute atomic E-state index is 7.67. The highest BCUT2D eigenvalue weighted by atomic mass is 14.7. The Labute approximate surface area is 62.6 Å². The summed E-state index contributed by atoms with van der Waals surface area (Å²) in [6.45, 7) is 1.79. The lowest BCUT2D eigenvalue weighted by Crippen LogP contribution is -1.65. The van der Waals surface area contributed by atoms with Crippen LogP contribution >= 0.6 is 0 Å². The topological polar surface area (TPSA) is 15.8 Å². The number of aromatic nitrogens is 1. The van der Waals surface area contributed by atoms with Gasteiger partial charge in [-0.05, 0) is 24.4 Å². The van der Waals surface area contributed by atoms with Crippen LogP contribution in [0.2, 0.25) is 1.41 Å². The average molecular weight is 133 g/mol. The van der Waals surface area contributed by atoms with Crippen LogP contribution in [0, 0.1) is 6.92 Å². The van der Waals surface area contributed by atoms with E-state index in [2.05, 4.69) is 0 Å². The van der Waals surface area contributed by atoms with Crippen molar-refractivity contribution in [1.82, 2.24) is 4.98 Å². The minimum absolute atomic E-state index is 0.459. The molecule has 10 heavy (non-hydrogen) atoms. The Bertz CT molecular complexity index is 392. The van der Waals surface area contributed by atoms with Gasteiger partial charge >= 0.3 is 0 Å². The lowest BCUT2D eigenvalue weighted by molar-refractivity contribution is 1.30. The number of fused-ring (bicyclic) bond motifs is 1. The monoisotopic (exact) mass is 133 g/mol. The predicted octanol–water partition coefficient (Wildman–Crippen LogP) is 2.48. The molecule has 0 fully saturated rings. The number of nitrogens with one attached hydrogen (secondary N) is 1. The first-order chi connectivity index (χ1) is 5.72. The van der Waals surface area contributed by atoms with Gasteiger partial charge in [-0.3, -0.25) is 0 Å². The van der Waals surface area contributed by atoms with Gasteiger partial charge in [0.1, 0.15) is 0 Å². The van der Waals surface area contributed by atoms with E-state index < -0.39 is 0 Å². The predicted molar refractivity (Wildman–Crippen MR) is 43.0 cm³/mol. The van der Waals surface area contributed by atoms with E-state index in [1.165, 1.54) is 4.98 Å². The van der Waals surface area contributed by atoms with Gasteiger partial charge in [-0.15, -0.1) is 0 Å². The molecule has 0 amide bonds. The van der Waals surface area contributed by atoms with E-state index in [1.807, 2.05) is 24.3 Å². The van der Waals surface area contributed by atoms with Crippen molar-refractivity contribution in [2.75, 3.05) is 0 Å². The third-order valence-electron chi connectivity index (χ3n) is 1.51. The highest BCUT2D eigenvalue weighted by Crippen LogP contribution is 2.12. The number of aromatic amines is 1. The van der Waals surface area contributed by atoms with Crippen molar-refractivity contribution < 1.29 is 2.78 Å². The molecule has 1 aromatic carbocycles. The van der Waals surface area contributed by atoms with Crippen molar-refractivity contribution in [3.05, 3.63) is 36.0 Å². The molecule has 1 nitrogen and oxygen atoms in total. The summed E-state index contributed by atoms with van der Waals surface area (Å²) in [5.74, 6) is 0. The summed E-state index contributed by atoms with van der Waals surface area (Å²) in [6, 6.07) is 7.95. The molecular weight excluding hydrogens is 122 g/mol. The molecule has 1 N–H and O–H groups in total. The van der Waals surface area contributed by atoms with Crippen molar-refractivity contribution in [2.45, 2.75) is 6.92 Å². The van der Waals surface area contributed by atoms with Gasteiger partial charge in [-0.25, -0.2) is 0 Å². The van der Waals surface area contributed by atoms with Crippen LogP contribution in [-0.4, -0.2) is 4.98 Å². The van der Waals surface area contributed by atoms with E-state index in [9.17, 15) is 0 Å².